The number of sulfonamides is 1. The number of hydrogen-bond donors (Lipinski definition) is 4. The van der Waals surface area contributed by atoms with Crippen molar-refractivity contribution in [2.24, 2.45) is 0 Å². The molecule has 1 aliphatic rings. The zero-order valence-electron chi connectivity index (χ0n) is 13.6. The van der Waals surface area contributed by atoms with E-state index in [1.54, 1.807) is 18.2 Å². The van der Waals surface area contributed by atoms with Crippen molar-refractivity contribution < 1.29 is 13.2 Å². The van der Waals surface area contributed by atoms with E-state index < -0.39 is 15.7 Å². The van der Waals surface area contributed by atoms with E-state index in [4.69, 9.17) is 0 Å². The van der Waals surface area contributed by atoms with Crippen LogP contribution in [0.1, 0.15) is 23.2 Å². The van der Waals surface area contributed by atoms with E-state index in [2.05, 4.69) is 20.0 Å². The van der Waals surface area contributed by atoms with Crippen LogP contribution in [0, 0.1) is 0 Å². The van der Waals surface area contributed by atoms with Crippen LogP contribution in [0.5, 0.6) is 0 Å². The highest BCUT2D eigenvalue weighted by Crippen LogP contribution is 2.22. The second-order valence-electron chi connectivity index (χ2n) is 6.22. The zero-order valence-corrected chi connectivity index (χ0v) is 14.4. The molecule has 8 nitrogen and oxygen atoms in total. The SMILES string of the molecule is O=C(NC1CC1)c1cccc(NS(=O)(=O)c2ccc3[nH]c(=O)[nH]c3c2)c1. The minimum Gasteiger partial charge on any atom is -0.349 e. The Hall–Kier alpha value is -3.07. The van der Waals surface area contributed by atoms with Crippen molar-refractivity contribution in [2.45, 2.75) is 23.8 Å². The van der Waals surface area contributed by atoms with E-state index in [9.17, 15) is 18.0 Å². The molecule has 3 aromatic rings. The molecule has 0 aliphatic heterocycles. The van der Waals surface area contributed by atoms with Crippen LogP contribution < -0.4 is 15.7 Å². The predicted octanol–water partition coefficient (Wildman–Crippen LogP) is 1.55. The van der Waals surface area contributed by atoms with E-state index in [0.29, 0.717) is 16.6 Å². The van der Waals surface area contributed by atoms with Gasteiger partial charge in [0.15, 0.2) is 0 Å². The summed E-state index contributed by atoms with van der Waals surface area (Å²) in [6, 6.07) is 10.8. The van der Waals surface area contributed by atoms with Crippen LogP contribution >= 0.6 is 0 Å². The molecule has 1 amide bonds. The van der Waals surface area contributed by atoms with Crippen LogP contribution in [0.2, 0.25) is 0 Å². The molecule has 9 heteroatoms. The minimum atomic E-state index is -3.87. The van der Waals surface area contributed by atoms with Crippen molar-refractivity contribution in [3.63, 3.8) is 0 Å². The topological polar surface area (TPSA) is 124 Å². The Morgan fingerprint density at radius 3 is 2.58 bits per heavy atom. The highest BCUT2D eigenvalue weighted by atomic mass is 32.2. The lowest BCUT2D eigenvalue weighted by molar-refractivity contribution is 0.0951. The second kappa shape index (κ2) is 6.03. The monoisotopic (exact) mass is 372 g/mol. The number of rotatable bonds is 5. The smallest absolute Gasteiger partial charge is 0.323 e. The maximum Gasteiger partial charge on any atom is 0.323 e. The summed E-state index contributed by atoms with van der Waals surface area (Å²) in [5.41, 5.74) is 1.19. The van der Waals surface area contributed by atoms with E-state index in [1.165, 1.54) is 24.3 Å². The molecule has 0 spiro atoms. The maximum atomic E-state index is 12.6. The van der Waals surface area contributed by atoms with Gasteiger partial charge in [0.05, 0.1) is 15.9 Å². The first kappa shape index (κ1) is 16.4. The number of amides is 1. The molecule has 1 saturated carbocycles. The fourth-order valence-electron chi connectivity index (χ4n) is 2.61. The van der Waals surface area contributed by atoms with Crippen LogP contribution in [0.3, 0.4) is 0 Å². The van der Waals surface area contributed by atoms with Gasteiger partial charge >= 0.3 is 5.69 Å². The standard InChI is InChI=1S/C17H16N4O4S/c22-16(18-11-4-5-11)10-2-1-3-12(8-10)21-26(24,25)13-6-7-14-15(9-13)20-17(23)19-14/h1-3,6-9,11,21H,4-5H2,(H,18,22)(H2,19,20,23). The number of fused-ring (bicyclic) bond motifs is 1. The number of carbonyl (C=O) groups is 1. The lowest BCUT2D eigenvalue weighted by Crippen LogP contribution is -2.25. The van der Waals surface area contributed by atoms with E-state index in [1.807, 2.05) is 0 Å². The molecule has 0 saturated heterocycles. The molecule has 1 aromatic heterocycles. The van der Waals surface area contributed by atoms with Gasteiger partial charge in [0.1, 0.15) is 0 Å². The van der Waals surface area contributed by atoms with Crippen LogP contribution in [-0.2, 0) is 10.0 Å². The summed E-state index contributed by atoms with van der Waals surface area (Å²) in [5.74, 6) is -0.222. The number of aromatic nitrogens is 2. The Balaban J connectivity index is 1.60. The molecule has 1 aliphatic carbocycles. The summed E-state index contributed by atoms with van der Waals surface area (Å²) < 4.78 is 27.7. The Morgan fingerprint density at radius 2 is 1.81 bits per heavy atom. The van der Waals surface area contributed by atoms with Gasteiger partial charge in [0.2, 0.25) is 0 Å². The lowest BCUT2D eigenvalue weighted by atomic mass is 10.2. The van der Waals surface area contributed by atoms with E-state index in [0.717, 1.165) is 12.8 Å². The Morgan fingerprint density at radius 1 is 1.04 bits per heavy atom. The second-order valence-corrected chi connectivity index (χ2v) is 7.90. The van der Waals surface area contributed by atoms with Gasteiger partial charge in [0.25, 0.3) is 15.9 Å². The Labute approximate surface area is 148 Å². The van der Waals surface area contributed by atoms with Gasteiger partial charge in [-0.15, -0.1) is 0 Å². The summed E-state index contributed by atoms with van der Waals surface area (Å²) in [7, 11) is -3.87. The molecule has 0 unspecified atom stereocenters. The number of H-pyrrole nitrogens is 2. The number of carbonyl (C=O) groups excluding carboxylic acids is 1. The molecular weight excluding hydrogens is 356 g/mol. The zero-order chi connectivity index (χ0) is 18.3. The van der Waals surface area contributed by atoms with Gasteiger partial charge in [-0.05, 0) is 49.2 Å². The van der Waals surface area contributed by atoms with Crippen LogP contribution in [0.25, 0.3) is 11.0 Å². The van der Waals surface area contributed by atoms with Crippen molar-refractivity contribution >= 4 is 32.7 Å². The fourth-order valence-corrected chi connectivity index (χ4v) is 3.69. The predicted molar refractivity (Wildman–Crippen MR) is 96.7 cm³/mol. The average molecular weight is 372 g/mol. The van der Waals surface area contributed by atoms with Crippen LogP contribution in [0.4, 0.5) is 5.69 Å². The van der Waals surface area contributed by atoms with Crippen LogP contribution in [-0.4, -0.2) is 30.3 Å². The van der Waals surface area contributed by atoms with Gasteiger partial charge < -0.3 is 15.3 Å². The van der Waals surface area contributed by atoms with Gasteiger partial charge in [-0.25, -0.2) is 13.2 Å². The normalized spacial score (nSPS) is 14.3. The van der Waals surface area contributed by atoms with Crippen molar-refractivity contribution in [1.82, 2.24) is 15.3 Å². The molecule has 1 fully saturated rings. The first-order valence-electron chi connectivity index (χ1n) is 8.06. The first-order chi connectivity index (χ1) is 12.4. The third-order valence-corrected chi connectivity index (χ3v) is 5.47. The number of imidazole rings is 1. The number of aromatic amines is 2. The molecule has 0 bridgehead atoms. The summed E-state index contributed by atoms with van der Waals surface area (Å²) in [4.78, 5) is 28.5. The molecule has 0 radical (unpaired) electrons. The Kier molecular flexibility index (Phi) is 3.80. The van der Waals surface area contributed by atoms with Crippen molar-refractivity contribution in [1.29, 1.82) is 0 Å². The van der Waals surface area contributed by atoms with Crippen molar-refractivity contribution in [3.8, 4) is 0 Å². The largest absolute Gasteiger partial charge is 0.349 e. The first-order valence-corrected chi connectivity index (χ1v) is 9.55. The third kappa shape index (κ3) is 3.33. The van der Waals surface area contributed by atoms with Gasteiger partial charge in [-0.2, -0.15) is 0 Å². The molecule has 134 valence electrons. The Bertz CT molecular complexity index is 1160. The average Bonchev–Trinajstić information content (AvgIpc) is 3.32. The molecule has 26 heavy (non-hydrogen) atoms. The molecule has 4 rings (SSSR count). The van der Waals surface area contributed by atoms with E-state index in [-0.39, 0.29) is 22.5 Å². The number of hydrogen-bond acceptors (Lipinski definition) is 4. The summed E-state index contributed by atoms with van der Waals surface area (Å²) in [6.07, 6.45) is 1.95. The minimum absolute atomic E-state index is 0.00749. The molecule has 0 atom stereocenters. The summed E-state index contributed by atoms with van der Waals surface area (Å²) >= 11 is 0. The fraction of sp³-hybridized carbons (Fsp3) is 0.176. The maximum absolute atomic E-state index is 12.6. The summed E-state index contributed by atoms with van der Waals surface area (Å²) in [6.45, 7) is 0. The molecule has 1 heterocycles. The lowest BCUT2D eigenvalue weighted by Gasteiger charge is -2.10. The third-order valence-electron chi connectivity index (χ3n) is 4.09. The van der Waals surface area contributed by atoms with Crippen LogP contribution in [0.15, 0.2) is 52.2 Å². The number of benzene rings is 2. The molecule has 4 N–H and O–H groups in total. The number of anilines is 1. The molecule has 2 aromatic carbocycles. The molecular formula is C17H16N4O4S. The number of nitrogens with one attached hydrogen (secondary N) is 4. The highest BCUT2D eigenvalue weighted by molar-refractivity contribution is 7.92. The van der Waals surface area contributed by atoms with Crippen molar-refractivity contribution in [3.05, 3.63) is 58.5 Å². The van der Waals surface area contributed by atoms with Gasteiger partial charge in [-0.3, -0.25) is 9.52 Å². The van der Waals surface area contributed by atoms with Gasteiger partial charge in [0, 0.05) is 17.3 Å². The van der Waals surface area contributed by atoms with Crippen molar-refractivity contribution in [2.75, 3.05) is 4.72 Å². The van der Waals surface area contributed by atoms with Gasteiger partial charge in [-0.1, -0.05) is 6.07 Å². The van der Waals surface area contributed by atoms with E-state index >= 15 is 0 Å². The quantitative estimate of drug-likeness (QED) is 0.542. The summed E-state index contributed by atoms with van der Waals surface area (Å²) in [5, 5.41) is 2.86. The highest BCUT2D eigenvalue weighted by Gasteiger charge is 2.24.